The molecule has 2 aromatic rings. The summed E-state index contributed by atoms with van der Waals surface area (Å²) in [5.74, 6) is -0.477. The van der Waals surface area contributed by atoms with E-state index in [1.807, 2.05) is 6.07 Å². The lowest BCUT2D eigenvalue weighted by Gasteiger charge is -2.08. The van der Waals surface area contributed by atoms with E-state index in [1.165, 1.54) is 0 Å². The summed E-state index contributed by atoms with van der Waals surface area (Å²) in [4.78, 5) is 24.3. The third kappa shape index (κ3) is 3.74. The fraction of sp³-hybridized carbons (Fsp3) is 0.167. The maximum absolute atomic E-state index is 12.3. The summed E-state index contributed by atoms with van der Waals surface area (Å²) < 4.78 is 0. The highest BCUT2D eigenvalue weighted by molar-refractivity contribution is 6.06. The van der Waals surface area contributed by atoms with Crippen LogP contribution in [0.4, 0.5) is 5.69 Å². The fourth-order valence-corrected chi connectivity index (χ4v) is 2.17. The van der Waals surface area contributed by atoms with E-state index in [0.717, 1.165) is 12.8 Å². The number of benzene rings is 2. The molecule has 2 aromatic carbocycles. The van der Waals surface area contributed by atoms with Crippen LogP contribution < -0.4 is 10.6 Å². The molecule has 2 N–H and O–H groups in total. The number of carbonyl (C=O) groups excluding carboxylic acids is 2. The van der Waals surface area contributed by atoms with Crippen molar-refractivity contribution >= 4 is 17.5 Å². The molecule has 0 atom stereocenters. The molecule has 0 aromatic heterocycles. The molecule has 1 saturated carbocycles. The molecule has 0 aliphatic heterocycles. The minimum atomic E-state index is -0.318. The van der Waals surface area contributed by atoms with Crippen molar-refractivity contribution in [2.24, 2.45) is 0 Å². The first-order valence-electron chi connectivity index (χ1n) is 7.38. The Bertz CT molecular complexity index is 804. The number of nitriles is 1. The van der Waals surface area contributed by atoms with Gasteiger partial charge in [0.1, 0.15) is 0 Å². The number of rotatable bonds is 4. The zero-order chi connectivity index (χ0) is 16.2. The van der Waals surface area contributed by atoms with Crippen molar-refractivity contribution in [3.8, 4) is 6.07 Å². The first kappa shape index (κ1) is 14.8. The summed E-state index contributed by atoms with van der Waals surface area (Å²) in [7, 11) is 0. The smallest absolute Gasteiger partial charge is 0.255 e. The molecule has 5 nitrogen and oxygen atoms in total. The summed E-state index contributed by atoms with van der Waals surface area (Å²) in [6, 6.07) is 15.6. The standard InChI is InChI=1S/C18H15N3O2/c19-11-12-3-1-6-16(9-12)21-18(23)14-5-2-4-13(10-14)17(22)20-15-7-8-15/h1-6,9-10,15H,7-8H2,(H,20,22)(H,21,23). The van der Waals surface area contributed by atoms with Crippen LogP contribution in [0, 0.1) is 11.3 Å². The van der Waals surface area contributed by atoms with Gasteiger partial charge in [0.2, 0.25) is 0 Å². The summed E-state index contributed by atoms with van der Waals surface area (Å²) in [5.41, 5.74) is 1.88. The van der Waals surface area contributed by atoms with Gasteiger partial charge < -0.3 is 10.6 Å². The molecule has 23 heavy (non-hydrogen) atoms. The molecule has 2 amide bonds. The maximum atomic E-state index is 12.3. The number of hydrogen-bond acceptors (Lipinski definition) is 3. The van der Waals surface area contributed by atoms with Gasteiger partial charge in [-0.3, -0.25) is 9.59 Å². The van der Waals surface area contributed by atoms with Gasteiger partial charge in [-0.2, -0.15) is 5.26 Å². The van der Waals surface area contributed by atoms with Gasteiger partial charge in [0.05, 0.1) is 11.6 Å². The van der Waals surface area contributed by atoms with Gasteiger partial charge in [-0.1, -0.05) is 12.1 Å². The SMILES string of the molecule is N#Cc1cccc(NC(=O)c2cccc(C(=O)NC3CC3)c2)c1. The molecule has 1 aliphatic carbocycles. The van der Waals surface area contributed by atoms with E-state index >= 15 is 0 Å². The predicted molar refractivity (Wildman–Crippen MR) is 86.0 cm³/mol. The second kappa shape index (κ2) is 6.32. The molecule has 114 valence electrons. The minimum absolute atomic E-state index is 0.159. The third-order valence-electron chi connectivity index (χ3n) is 3.55. The maximum Gasteiger partial charge on any atom is 0.255 e. The van der Waals surface area contributed by atoms with Gasteiger partial charge in [0.25, 0.3) is 11.8 Å². The normalized spacial score (nSPS) is 13.0. The van der Waals surface area contributed by atoms with Gasteiger partial charge in [-0.25, -0.2) is 0 Å². The molecule has 0 bridgehead atoms. The van der Waals surface area contributed by atoms with Crippen LogP contribution in [-0.2, 0) is 0 Å². The van der Waals surface area contributed by atoms with E-state index in [-0.39, 0.29) is 17.9 Å². The Morgan fingerprint density at radius 2 is 1.70 bits per heavy atom. The Hall–Kier alpha value is -3.13. The molecular weight excluding hydrogens is 290 g/mol. The van der Waals surface area contributed by atoms with E-state index in [4.69, 9.17) is 5.26 Å². The van der Waals surface area contributed by atoms with E-state index in [9.17, 15) is 9.59 Å². The second-order valence-electron chi connectivity index (χ2n) is 5.48. The second-order valence-corrected chi connectivity index (χ2v) is 5.48. The number of carbonyl (C=O) groups is 2. The monoisotopic (exact) mass is 305 g/mol. The van der Waals surface area contributed by atoms with Crippen molar-refractivity contribution < 1.29 is 9.59 Å². The van der Waals surface area contributed by atoms with Crippen LogP contribution in [-0.4, -0.2) is 17.9 Å². The van der Waals surface area contributed by atoms with Crippen molar-refractivity contribution in [2.45, 2.75) is 18.9 Å². The highest BCUT2D eigenvalue weighted by Crippen LogP contribution is 2.19. The first-order valence-corrected chi connectivity index (χ1v) is 7.38. The summed E-state index contributed by atoms with van der Waals surface area (Å²) in [6.07, 6.45) is 2.03. The van der Waals surface area contributed by atoms with Gasteiger partial charge in [0, 0.05) is 22.9 Å². The van der Waals surface area contributed by atoms with E-state index in [2.05, 4.69) is 10.6 Å². The van der Waals surface area contributed by atoms with E-state index in [1.54, 1.807) is 48.5 Å². The molecule has 0 radical (unpaired) electrons. The third-order valence-corrected chi connectivity index (χ3v) is 3.55. The van der Waals surface area contributed by atoms with Crippen molar-refractivity contribution in [1.82, 2.24) is 5.32 Å². The fourth-order valence-electron chi connectivity index (χ4n) is 2.17. The molecular formula is C18H15N3O2. The average Bonchev–Trinajstić information content (AvgIpc) is 3.39. The lowest BCUT2D eigenvalue weighted by Crippen LogP contribution is -2.25. The van der Waals surface area contributed by atoms with Crippen LogP contribution in [0.15, 0.2) is 48.5 Å². The Labute approximate surface area is 133 Å². The van der Waals surface area contributed by atoms with Crippen molar-refractivity contribution in [1.29, 1.82) is 5.26 Å². The van der Waals surface area contributed by atoms with Crippen molar-refractivity contribution in [2.75, 3.05) is 5.32 Å². The van der Waals surface area contributed by atoms with Gasteiger partial charge >= 0.3 is 0 Å². The minimum Gasteiger partial charge on any atom is -0.349 e. The quantitative estimate of drug-likeness (QED) is 0.911. The Morgan fingerprint density at radius 1 is 1.00 bits per heavy atom. The molecule has 1 fully saturated rings. The first-order chi connectivity index (χ1) is 11.2. The lowest BCUT2D eigenvalue weighted by atomic mass is 10.1. The molecule has 5 heteroatoms. The molecule has 1 aliphatic rings. The average molecular weight is 305 g/mol. The van der Waals surface area contributed by atoms with Gasteiger partial charge in [-0.05, 0) is 49.2 Å². The highest BCUT2D eigenvalue weighted by atomic mass is 16.2. The molecule has 0 saturated heterocycles. The number of hydrogen-bond donors (Lipinski definition) is 2. The zero-order valence-electron chi connectivity index (χ0n) is 12.4. The predicted octanol–water partition coefficient (Wildman–Crippen LogP) is 2.70. The summed E-state index contributed by atoms with van der Waals surface area (Å²) in [6.45, 7) is 0. The Balaban J connectivity index is 1.74. The van der Waals surface area contributed by atoms with Crippen molar-refractivity contribution in [3.63, 3.8) is 0 Å². The molecule has 0 unspecified atom stereocenters. The van der Waals surface area contributed by atoms with Crippen LogP contribution in [0.1, 0.15) is 39.1 Å². The van der Waals surface area contributed by atoms with Crippen LogP contribution in [0.5, 0.6) is 0 Å². The molecule has 3 rings (SSSR count). The Morgan fingerprint density at radius 3 is 2.39 bits per heavy atom. The zero-order valence-corrected chi connectivity index (χ0v) is 12.4. The van der Waals surface area contributed by atoms with Crippen molar-refractivity contribution in [3.05, 3.63) is 65.2 Å². The number of nitrogens with zero attached hydrogens (tertiary/aromatic N) is 1. The van der Waals surface area contributed by atoms with Gasteiger partial charge in [0.15, 0.2) is 0 Å². The summed E-state index contributed by atoms with van der Waals surface area (Å²) >= 11 is 0. The van der Waals surface area contributed by atoms with E-state index < -0.39 is 0 Å². The Kier molecular flexibility index (Phi) is 4.07. The number of nitrogens with one attached hydrogen (secondary N) is 2. The molecule has 0 heterocycles. The molecule has 0 spiro atoms. The summed E-state index contributed by atoms with van der Waals surface area (Å²) in [5, 5.41) is 14.5. The van der Waals surface area contributed by atoms with Crippen LogP contribution >= 0.6 is 0 Å². The number of amides is 2. The largest absolute Gasteiger partial charge is 0.349 e. The lowest BCUT2D eigenvalue weighted by molar-refractivity contribution is 0.0951. The van der Waals surface area contributed by atoms with Crippen LogP contribution in [0.3, 0.4) is 0 Å². The van der Waals surface area contributed by atoms with Crippen LogP contribution in [0.2, 0.25) is 0 Å². The highest BCUT2D eigenvalue weighted by Gasteiger charge is 2.24. The number of anilines is 1. The van der Waals surface area contributed by atoms with E-state index in [0.29, 0.717) is 22.4 Å². The topological polar surface area (TPSA) is 82.0 Å². The van der Waals surface area contributed by atoms with Gasteiger partial charge in [-0.15, -0.1) is 0 Å². The van der Waals surface area contributed by atoms with Crippen LogP contribution in [0.25, 0.3) is 0 Å².